The van der Waals surface area contributed by atoms with Crippen LogP contribution in [0.4, 0.5) is 4.79 Å². The van der Waals surface area contributed by atoms with Crippen LogP contribution in [0.5, 0.6) is 0 Å². The highest BCUT2D eigenvalue weighted by Crippen LogP contribution is 2.15. The van der Waals surface area contributed by atoms with Gasteiger partial charge >= 0.3 is 6.03 Å². The van der Waals surface area contributed by atoms with Crippen LogP contribution in [0, 0.1) is 5.92 Å². The van der Waals surface area contributed by atoms with E-state index in [0.29, 0.717) is 19.6 Å². The van der Waals surface area contributed by atoms with E-state index in [1.807, 2.05) is 18.2 Å². The average molecular weight is 330 g/mol. The summed E-state index contributed by atoms with van der Waals surface area (Å²) in [5.41, 5.74) is 1.21. The van der Waals surface area contributed by atoms with Gasteiger partial charge in [0, 0.05) is 32.7 Å². The molecule has 0 unspecified atom stereocenters. The molecule has 6 heteroatoms. The van der Waals surface area contributed by atoms with Gasteiger partial charge in [0.25, 0.3) is 0 Å². The third-order valence-electron chi connectivity index (χ3n) is 4.82. The maximum Gasteiger partial charge on any atom is 0.317 e. The van der Waals surface area contributed by atoms with E-state index in [4.69, 9.17) is 0 Å². The normalized spacial score (nSPS) is 24.2. The molecular formula is C18H26N4O2. The molecule has 24 heavy (non-hydrogen) atoms. The molecule has 1 aromatic carbocycles. The van der Waals surface area contributed by atoms with Crippen LogP contribution in [0.25, 0.3) is 0 Å². The largest absolute Gasteiger partial charge is 0.350 e. The molecule has 0 aromatic heterocycles. The highest BCUT2D eigenvalue weighted by molar-refractivity contribution is 5.82. The molecule has 0 saturated carbocycles. The lowest BCUT2D eigenvalue weighted by molar-refractivity contribution is -0.124. The smallest absolute Gasteiger partial charge is 0.317 e. The lowest BCUT2D eigenvalue weighted by Crippen LogP contribution is -2.51. The summed E-state index contributed by atoms with van der Waals surface area (Å²) in [5, 5.41) is 6.06. The molecule has 2 atom stereocenters. The van der Waals surface area contributed by atoms with Crippen LogP contribution in [-0.4, -0.2) is 67.0 Å². The number of nitrogens with one attached hydrogen (secondary N) is 2. The predicted molar refractivity (Wildman–Crippen MR) is 92.7 cm³/mol. The number of urea groups is 1. The minimum atomic E-state index is -0.141. The fraction of sp³-hybridized carbons (Fsp3) is 0.556. The number of carbonyl (C=O) groups excluding carboxylic acids is 2. The van der Waals surface area contributed by atoms with Crippen molar-refractivity contribution in [3.05, 3.63) is 35.9 Å². The molecule has 2 N–H and O–H groups in total. The van der Waals surface area contributed by atoms with E-state index in [2.05, 4.69) is 34.6 Å². The zero-order valence-electron chi connectivity index (χ0n) is 14.2. The van der Waals surface area contributed by atoms with Crippen molar-refractivity contribution >= 4 is 11.9 Å². The summed E-state index contributed by atoms with van der Waals surface area (Å²) < 4.78 is 0. The van der Waals surface area contributed by atoms with Crippen molar-refractivity contribution in [2.45, 2.75) is 19.4 Å². The van der Waals surface area contributed by atoms with Crippen molar-refractivity contribution in [2.75, 3.05) is 39.3 Å². The van der Waals surface area contributed by atoms with Gasteiger partial charge in [-0.25, -0.2) is 4.79 Å². The molecule has 3 amide bonds. The quantitative estimate of drug-likeness (QED) is 0.854. The molecule has 0 radical (unpaired) electrons. The molecular weight excluding hydrogens is 304 g/mol. The zero-order valence-corrected chi connectivity index (χ0v) is 14.2. The number of hydrogen-bond acceptors (Lipinski definition) is 3. The van der Waals surface area contributed by atoms with E-state index in [9.17, 15) is 9.59 Å². The van der Waals surface area contributed by atoms with Crippen LogP contribution in [0.15, 0.2) is 30.3 Å². The maximum atomic E-state index is 12.5. The first-order chi connectivity index (χ1) is 11.7. The Balaban J connectivity index is 1.55. The Hall–Kier alpha value is -2.08. The third kappa shape index (κ3) is 4.06. The maximum absolute atomic E-state index is 12.5. The van der Waals surface area contributed by atoms with Crippen molar-refractivity contribution in [3.63, 3.8) is 0 Å². The van der Waals surface area contributed by atoms with Crippen LogP contribution >= 0.6 is 0 Å². The summed E-state index contributed by atoms with van der Waals surface area (Å²) in [6.45, 7) is 6.27. The van der Waals surface area contributed by atoms with Crippen molar-refractivity contribution in [1.29, 1.82) is 0 Å². The van der Waals surface area contributed by atoms with Crippen molar-refractivity contribution in [1.82, 2.24) is 20.4 Å². The summed E-state index contributed by atoms with van der Waals surface area (Å²) in [6, 6.07) is 10.1. The highest BCUT2D eigenvalue weighted by Gasteiger charge is 2.36. The summed E-state index contributed by atoms with van der Waals surface area (Å²) in [4.78, 5) is 28.8. The molecule has 130 valence electrons. The van der Waals surface area contributed by atoms with Gasteiger partial charge in [0.1, 0.15) is 0 Å². The zero-order chi connectivity index (χ0) is 16.9. The minimum absolute atomic E-state index is 0.0184. The molecule has 2 aliphatic rings. The van der Waals surface area contributed by atoms with Gasteiger partial charge in [-0.1, -0.05) is 37.3 Å². The number of benzene rings is 1. The molecule has 2 heterocycles. The monoisotopic (exact) mass is 330 g/mol. The van der Waals surface area contributed by atoms with Gasteiger partial charge in [0.2, 0.25) is 5.91 Å². The van der Waals surface area contributed by atoms with Crippen LogP contribution in [0.3, 0.4) is 0 Å². The highest BCUT2D eigenvalue weighted by atomic mass is 16.2. The first-order valence-electron chi connectivity index (χ1n) is 8.75. The fourth-order valence-electron chi connectivity index (χ4n) is 3.49. The Labute approximate surface area is 143 Å². The Morgan fingerprint density at radius 2 is 2.00 bits per heavy atom. The van der Waals surface area contributed by atoms with Crippen LogP contribution < -0.4 is 10.6 Å². The van der Waals surface area contributed by atoms with Gasteiger partial charge in [-0.3, -0.25) is 4.79 Å². The molecule has 6 nitrogen and oxygen atoms in total. The Morgan fingerprint density at radius 1 is 1.21 bits per heavy atom. The van der Waals surface area contributed by atoms with Crippen molar-refractivity contribution < 1.29 is 9.59 Å². The van der Waals surface area contributed by atoms with Gasteiger partial charge in [0.05, 0.1) is 12.0 Å². The molecule has 2 saturated heterocycles. The number of hydrogen-bond donors (Lipinski definition) is 2. The van der Waals surface area contributed by atoms with Gasteiger partial charge in [-0.15, -0.1) is 0 Å². The van der Waals surface area contributed by atoms with Gasteiger partial charge in [-0.05, 0) is 18.5 Å². The third-order valence-corrected chi connectivity index (χ3v) is 4.82. The number of rotatable bonds is 4. The Morgan fingerprint density at radius 3 is 2.75 bits per heavy atom. The van der Waals surface area contributed by atoms with Crippen LogP contribution in [-0.2, 0) is 11.2 Å². The Kier molecular flexibility index (Phi) is 5.35. The second-order valence-corrected chi connectivity index (χ2v) is 6.63. The van der Waals surface area contributed by atoms with E-state index in [1.54, 1.807) is 4.90 Å². The van der Waals surface area contributed by atoms with E-state index >= 15 is 0 Å². The number of carbonyl (C=O) groups is 2. The first kappa shape index (κ1) is 16.8. The van der Waals surface area contributed by atoms with Crippen LogP contribution in [0.2, 0.25) is 0 Å². The average Bonchev–Trinajstić information content (AvgIpc) is 2.82. The summed E-state index contributed by atoms with van der Waals surface area (Å²) in [6.07, 6.45) is 0.814. The van der Waals surface area contributed by atoms with Crippen molar-refractivity contribution in [3.8, 4) is 0 Å². The number of nitrogens with zero attached hydrogens (tertiary/aromatic N) is 2. The van der Waals surface area contributed by atoms with E-state index < -0.39 is 0 Å². The van der Waals surface area contributed by atoms with Gasteiger partial charge in [0.15, 0.2) is 0 Å². The molecule has 0 spiro atoms. The molecule has 2 bridgehead atoms. The molecule has 2 aliphatic heterocycles. The lowest BCUT2D eigenvalue weighted by atomic mass is 10.1. The minimum Gasteiger partial charge on any atom is -0.350 e. The summed E-state index contributed by atoms with van der Waals surface area (Å²) in [7, 11) is 0. The first-order valence-corrected chi connectivity index (χ1v) is 8.75. The predicted octanol–water partition coefficient (Wildman–Crippen LogP) is 0.691. The number of amides is 3. The molecule has 3 rings (SSSR count). The second-order valence-electron chi connectivity index (χ2n) is 6.63. The standard InChI is InChI=1S/C18H26N4O2/c1-2-21-10-15-11-22(13-16(12-21)20-17(15)23)18(24)19-9-8-14-6-4-3-5-7-14/h3-7,15-16H,2,8-13H2,1H3,(H,19,24)(H,20,23)/t15-,16+/m1/s1. The van der Waals surface area contributed by atoms with E-state index in [0.717, 1.165) is 26.1 Å². The summed E-state index contributed by atoms with van der Waals surface area (Å²) >= 11 is 0. The van der Waals surface area contributed by atoms with Gasteiger partial charge < -0.3 is 20.4 Å². The fourth-order valence-corrected chi connectivity index (χ4v) is 3.49. The summed E-state index contributed by atoms with van der Waals surface area (Å²) in [5.74, 6) is -0.0622. The van der Waals surface area contributed by atoms with E-state index in [1.165, 1.54) is 5.56 Å². The molecule has 2 fully saturated rings. The van der Waals surface area contributed by atoms with Gasteiger partial charge in [-0.2, -0.15) is 0 Å². The SMILES string of the molecule is CCN1C[C@H]2CN(C(=O)NCCc3ccccc3)C[C@@H](C1)C(=O)N2. The number of fused-ring (bicyclic) bond motifs is 3. The second kappa shape index (κ2) is 7.66. The molecule has 0 aliphatic carbocycles. The Bertz CT molecular complexity index is 578. The van der Waals surface area contributed by atoms with E-state index in [-0.39, 0.29) is 23.9 Å². The number of likely N-dealkylation sites (N-methyl/N-ethyl adjacent to an activating group) is 1. The topological polar surface area (TPSA) is 64.7 Å². The molecule has 1 aromatic rings. The van der Waals surface area contributed by atoms with Crippen LogP contribution in [0.1, 0.15) is 12.5 Å². The lowest BCUT2D eigenvalue weighted by Gasteiger charge is -2.32. The van der Waals surface area contributed by atoms with Crippen molar-refractivity contribution in [2.24, 2.45) is 5.92 Å².